The van der Waals surface area contributed by atoms with Crippen molar-refractivity contribution in [1.82, 2.24) is 9.97 Å². The Morgan fingerprint density at radius 3 is 2.65 bits per heavy atom. The van der Waals surface area contributed by atoms with Crippen molar-refractivity contribution in [2.75, 3.05) is 5.32 Å². The second kappa shape index (κ2) is 5.47. The van der Waals surface area contributed by atoms with Gasteiger partial charge in [0.1, 0.15) is 0 Å². The van der Waals surface area contributed by atoms with E-state index >= 15 is 0 Å². The van der Waals surface area contributed by atoms with Crippen LogP contribution in [-0.2, 0) is 0 Å². The molecule has 1 atom stereocenters. The molecule has 1 N–H and O–H groups in total. The predicted molar refractivity (Wildman–Crippen MR) is 83.5 cm³/mol. The molecule has 0 aliphatic rings. The summed E-state index contributed by atoms with van der Waals surface area (Å²) in [5.74, 6) is 0.577. The summed E-state index contributed by atoms with van der Waals surface area (Å²) in [5.41, 5.74) is 2.89. The van der Waals surface area contributed by atoms with Crippen LogP contribution < -0.4 is 5.32 Å². The van der Waals surface area contributed by atoms with Gasteiger partial charge in [0, 0.05) is 17.3 Å². The molecule has 4 heteroatoms. The molecule has 3 nitrogen and oxygen atoms in total. The van der Waals surface area contributed by atoms with E-state index in [0.29, 0.717) is 5.95 Å². The topological polar surface area (TPSA) is 37.8 Å². The van der Waals surface area contributed by atoms with Crippen molar-refractivity contribution in [3.63, 3.8) is 0 Å². The summed E-state index contributed by atoms with van der Waals surface area (Å²) in [4.78, 5) is 8.84. The minimum Gasteiger partial charge on any atom is -0.324 e. The van der Waals surface area contributed by atoms with Gasteiger partial charge in [0.05, 0.1) is 10.9 Å². The molecule has 0 amide bonds. The van der Waals surface area contributed by atoms with E-state index in [0.717, 1.165) is 22.2 Å². The van der Waals surface area contributed by atoms with Crippen molar-refractivity contribution < 1.29 is 0 Å². The molecule has 0 bridgehead atoms. The molecule has 0 aliphatic heterocycles. The lowest BCUT2D eigenvalue weighted by Gasteiger charge is -2.12. The Kier molecular flexibility index (Phi) is 3.52. The van der Waals surface area contributed by atoms with Gasteiger partial charge < -0.3 is 5.32 Å². The zero-order valence-electron chi connectivity index (χ0n) is 11.0. The fraction of sp³-hybridized carbons (Fsp3) is 0.125. The third-order valence-electron chi connectivity index (χ3n) is 3.12. The Bertz CT molecular complexity index is 740. The van der Waals surface area contributed by atoms with E-state index in [9.17, 15) is 0 Å². The molecule has 100 valence electrons. The summed E-state index contributed by atoms with van der Waals surface area (Å²) in [6, 6.07) is 15.8. The number of alkyl halides is 1. The molecule has 3 aromatic rings. The molecule has 20 heavy (non-hydrogen) atoms. The third kappa shape index (κ3) is 2.58. The van der Waals surface area contributed by atoms with Crippen LogP contribution in [0.5, 0.6) is 0 Å². The predicted octanol–water partition coefficient (Wildman–Crippen LogP) is 4.67. The number of fused-ring (bicyclic) bond motifs is 1. The lowest BCUT2D eigenvalue weighted by Crippen LogP contribution is -2.00. The highest BCUT2D eigenvalue weighted by Gasteiger charge is 2.08. The maximum Gasteiger partial charge on any atom is 0.227 e. The summed E-state index contributed by atoms with van der Waals surface area (Å²) >= 11 is 6.19. The van der Waals surface area contributed by atoms with Crippen LogP contribution in [0.1, 0.15) is 17.9 Å². The molecule has 0 spiro atoms. The van der Waals surface area contributed by atoms with Crippen molar-refractivity contribution in [2.45, 2.75) is 12.3 Å². The van der Waals surface area contributed by atoms with Gasteiger partial charge in [-0.1, -0.05) is 36.4 Å². The van der Waals surface area contributed by atoms with Gasteiger partial charge in [-0.15, -0.1) is 11.6 Å². The quantitative estimate of drug-likeness (QED) is 0.710. The summed E-state index contributed by atoms with van der Waals surface area (Å²) in [5, 5.41) is 4.19. The molecule has 2 aromatic carbocycles. The molecule has 1 unspecified atom stereocenters. The van der Waals surface area contributed by atoms with E-state index in [1.165, 1.54) is 0 Å². The van der Waals surface area contributed by atoms with Crippen molar-refractivity contribution in [3.8, 4) is 0 Å². The molecular formula is C16H14ClN3. The first kappa shape index (κ1) is 12.9. The molecule has 0 saturated heterocycles. The lowest BCUT2D eigenvalue weighted by molar-refractivity contribution is 1.08. The number of para-hydroxylation sites is 2. The summed E-state index contributed by atoms with van der Waals surface area (Å²) in [7, 11) is 0. The smallest absolute Gasteiger partial charge is 0.227 e. The van der Waals surface area contributed by atoms with Crippen molar-refractivity contribution in [3.05, 3.63) is 60.3 Å². The summed E-state index contributed by atoms with van der Waals surface area (Å²) < 4.78 is 0. The van der Waals surface area contributed by atoms with Crippen LogP contribution >= 0.6 is 11.6 Å². The second-order valence-corrected chi connectivity index (χ2v) is 5.24. The van der Waals surface area contributed by atoms with Crippen molar-refractivity contribution in [1.29, 1.82) is 0 Å². The molecule has 3 rings (SSSR count). The van der Waals surface area contributed by atoms with Gasteiger partial charge in [-0.25, -0.2) is 9.97 Å². The zero-order valence-corrected chi connectivity index (χ0v) is 11.8. The Hall–Kier alpha value is -2.13. The first-order valence-electron chi connectivity index (χ1n) is 6.46. The van der Waals surface area contributed by atoms with Crippen molar-refractivity contribution >= 4 is 34.1 Å². The average molecular weight is 284 g/mol. The first-order valence-corrected chi connectivity index (χ1v) is 6.89. The minimum atomic E-state index is -0.0702. The number of anilines is 2. The number of hydrogen-bond donors (Lipinski definition) is 1. The first-order chi connectivity index (χ1) is 9.74. The van der Waals surface area contributed by atoms with Gasteiger partial charge >= 0.3 is 0 Å². The lowest BCUT2D eigenvalue weighted by atomic mass is 10.1. The SMILES string of the molecule is CC(Cl)c1ccccc1Nc1ncc2ccccc2n1. The van der Waals surface area contributed by atoms with Gasteiger partial charge in [-0.05, 0) is 24.6 Å². The van der Waals surface area contributed by atoms with Crippen LogP contribution in [-0.4, -0.2) is 9.97 Å². The number of nitrogens with zero attached hydrogens (tertiary/aromatic N) is 2. The van der Waals surface area contributed by atoms with Crippen LogP contribution in [0.3, 0.4) is 0 Å². The van der Waals surface area contributed by atoms with Crippen LogP contribution in [0.4, 0.5) is 11.6 Å². The van der Waals surface area contributed by atoms with Gasteiger partial charge in [0.15, 0.2) is 0 Å². The Labute approximate surface area is 122 Å². The van der Waals surface area contributed by atoms with E-state index in [2.05, 4.69) is 15.3 Å². The Balaban J connectivity index is 1.97. The van der Waals surface area contributed by atoms with E-state index in [-0.39, 0.29) is 5.38 Å². The van der Waals surface area contributed by atoms with Gasteiger partial charge in [0.2, 0.25) is 5.95 Å². The van der Waals surface area contributed by atoms with E-state index < -0.39 is 0 Å². The van der Waals surface area contributed by atoms with E-state index in [1.807, 2.05) is 61.7 Å². The molecule has 0 saturated carbocycles. The normalized spacial score (nSPS) is 12.3. The molecule has 1 heterocycles. The van der Waals surface area contributed by atoms with Crippen molar-refractivity contribution in [2.24, 2.45) is 0 Å². The molecule has 0 aliphatic carbocycles. The number of aromatic nitrogens is 2. The maximum atomic E-state index is 6.19. The van der Waals surface area contributed by atoms with Crippen LogP contribution in [0.15, 0.2) is 54.7 Å². The van der Waals surface area contributed by atoms with Crippen LogP contribution in [0.2, 0.25) is 0 Å². The van der Waals surface area contributed by atoms with Crippen LogP contribution in [0, 0.1) is 0 Å². The number of benzene rings is 2. The molecular weight excluding hydrogens is 270 g/mol. The van der Waals surface area contributed by atoms with Crippen LogP contribution in [0.25, 0.3) is 10.9 Å². The van der Waals surface area contributed by atoms with E-state index in [4.69, 9.17) is 11.6 Å². The minimum absolute atomic E-state index is 0.0702. The standard InChI is InChI=1S/C16H14ClN3/c1-11(17)13-7-3-5-9-15(13)20-16-18-10-12-6-2-4-8-14(12)19-16/h2-11H,1H3,(H,18,19,20). The van der Waals surface area contributed by atoms with Gasteiger partial charge in [-0.2, -0.15) is 0 Å². The molecule has 1 aromatic heterocycles. The number of hydrogen-bond acceptors (Lipinski definition) is 3. The number of halogens is 1. The second-order valence-electron chi connectivity index (χ2n) is 4.58. The zero-order chi connectivity index (χ0) is 13.9. The summed E-state index contributed by atoms with van der Waals surface area (Å²) in [6.07, 6.45) is 1.82. The Morgan fingerprint density at radius 1 is 1.05 bits per heavy atom. The average Bonchev–Trinajstić information content (AvgIpc) is 2.47. The highest BCUT2D eigenvalue weighted by atomic mass is 35.5. The fourth-order valence-electron chi connectivity index (χ4n) is 2.11. The maximum absolute atomic E-state index is 6.19. The Morgan fingerprint density at radius 2 is 1.80 bits per heavy atom. The molecule has 0 fully saturated rings. The highest BCUT2D eigenvalue weighted by Crippen LogP contribution is 2.28. The molecule has 0 radical (unpaired) electrons. The number of rotatable bonds is 3. The van der Waals surface area contributed by atoms with Gasteiger partial charge in [-0.3, -0.25) is 0 Å². The number of nitrogens with one attached hydrogen (secondary N) is 1. The monoisotopic (exact) mass is 283 g/mol. The van der Waals surface area contributed by atoms with Gasteiger partial charge in [0.25, 0.3) is 0 Å². The largest absolute Gasteiger partial charge is 0.324 e. The van der Waals surface area contributed by atoms with E-state index in [1.54, 1.807) is 0 Å². The highest BCUT2D eigenvalue weighted by molar-refractivity contribution is 6.21. The fourth-order valence-corrected chi connectivity index (χ4v) is 2.30. The third-order valence-corrected chi connectivity index (χ3v) is 3.36. The summed E-state index contributed by atoms with van der Waals surface area (Å²) in [6.45, 7) is 1.95.